The molecular weight excluding hydrogens is 432 g/mol. The molecule has 0 atom stereocenters. The van der Waals surface area contributed by atoms with Crippen LogP contribution in [-0.4, -0.2) is 12.6 Å². The molecule has 0 saturated carbocycles. The molecule has 0 aliphatic heterocycles. The van der Waals surface area contributed by atoms with Crippen LogP contribution in [0.5, 0.6) is 11.5 Å². The van der Waals surface area contributed by atoms with Gasteiger partial charge >= 0.3 is 5.97 Å². The molecule has 4 aromatic rings. The molecule has 0 radical (unpaired) electrons. The van der Waals surface area contributed by atoms with Crippen LogP contribution in [0.1, 0.15) is 20.8 Å². The van der Waals surface area contributed by atoms with Crippen molar-refractivity contribution in [3.63, 3.8) is 0 Å². The standard InChI is InChI=1S/C32H30O3/c1-22(2)21-34-30-17-13-28(14-18-30)26-9-5-24(6-10-26)25-7-11-27(12-8-25)29-15-19-31(20-16-29)35-32(33)23(3)4/h5-20,23H,1,21H2,2-4H3. The van der Waals surface area contributed by atoms with Crippen molar-refractivity contribution in [2.75, 3.05) is 6.61 Å². The lowest BCUT2D eigenvalue weighted by atomic mass is 9.98. The summed E-state index contributed by atoms with van der Waals surface area (Å²) in [7, 11) is 0. The molecule has 3 heteroatoms. The van der Waals surface area contributed by atoms with Gasteiger partial charge in [0.05, 0.1) is 5.92 Å². The van der Waals surface area contributed by atoms with Gasteiger partial charge in [0.15, 0.2) is 0 Å². The van der Waals surface area contributed by atoms with E-state index in [1.807, 2.05) is 57.2 Å². The monoisotopic (exact) mass is 462 g/mol. The zero-order valence-corrected chi connectivity index (χ0v) is 20.5. The molecule has 0 fully saturated rings. The van der Waals surface area contributed by atoms with Crippen LogP contribution < -0.4 is 9.47 Å². The maximum Gasteiger partial charge on any atom is 0.313 e. The summed E-state index contributed by atoms with van der Waals surface area (Å²) in [5, 5.41) is 0. The summed E-state index contributed by atoms with van der Waals surface area (Å²) in [6.45, 7) is 10.0. The van der Waals surface area contributed by atoms with Gasteiger partial charge in [0.1, 0.15) is 18.1 Å². The fourth-order valence-electron chi connectivity index (χ4n) is 3.61. The van der Waals surface area contributed by atoms with E-state index in [1.165, 1.54) is 0 Å². The summed E-state index contributed by atoms with van der Waals surface area (Å²) in [6.07, 6.45) is 0. The van der Waals surface area contributed by atoms with E-state index in [0.29, 0.717) is 12.4 Å². The molecule has 0 N–H and O–H groups in total. The van der Waals surface area contributed by atoms with Crippen molar-refractivity contribution >= 4 is 5.97 Å². The third-order valence-electron chi connectivity index (χ3n) is 5.65. The Balaban J connectivity index is 1.42. The maximum atomic E-state index is 11.8. The highest BCUT2D eigenvalue weighted by atomic mass is 16.5. The van der Waals surface area contributed by atoms with Gasteiger partial charge in [0.2, 0.25) is 0 Å². The van der Waals surface area contributed by atoms with Crippen molar-refractivity contribution in [1.82, 2.24) is 0 Å². The lowest BCUT2D eigenvalue weighted by molar-refractivity contribution is -0.137. The summed E-state index contributed by atoms with van der Waals surface area (Å²) >= 11 is 0. The molecule has 4 rings (SSSR count). The van der Waals surface area contributed by atoms with Crippen LogP contribution in [0.2, 0.25) is 0 Å². The first-order chi connectivity index (χ1) is 16.9. The second-order valence-electron chi connectivity index (χ2n) is 9.03. The van der Waals surface area contributed by atoms with Gasteiger partial charge in [-0.25, -0.2) is 0 Å². The Labute approximate surface area is 207 Å². The predicted molar refractivity (Wildman–Crippen MR) is 144 cm³/mol. The van der Waals surface area contributed by atoms with E-state index in [0.717, 1.165) is 44.7 Å². The summed E-state index contributed by atoms with van der Waals surface area (Å²) in [4.78, 5) is 11.8. The Bertz CT molecular complexity index is 1280. The first-order valence-corrected chi connectivity index (χ1v) is 11.8. The third kappa shape index (κ3) is 6.27. The van der Waals surface area contributed by atoms with Crippen LogP contribution >= 0.6 is 0 Å². The summed E-state index contributed by atoms with van der Waals surface area (Å²) in [5.74, 6) is 1.04. The second-order valence-corrected chi connectivity index (χ2v) is 9.03. The van der Waals surface area contributed by atoms with Crippen molar-refractivity contribution in [1.29, 1.82) is 0 Å². The molecule has 0 heterocycles. The lowest BCUT2D eigenvalue weighted by Gasteiger charge is -2.09. The molecule has 0 amide bonds. The van der Waals surface area contributed by atoms with E-state index in [1.54, 1.807) is 0 Å². The van der Waals surface area contributed by atoms with E-state index in [2.05, 4.69) is 67.2 Å². The molecule has 0 unspecified atom stereocenters. The van der Waals surface area contributed by atoms with E-state index in [4.69, 9.17) is 9.47 Å². The van der Waals surface area contributed by atoms with Crippen LogP contribution in [0.4, 0.5) is 0 Å². The molecule has 0 aromatic heterocycles. The average molecular weight is 463 g/mol. The fourth-order valence-corrected chi connectivity index (χ4v) is 3.61. The second kappa shape index (κ2) is 10.9. The first kappa shape index (κ1) is 24.0. The molecular formula is C32H30O3. The van der Waals surface area contributed by atoms with Crippen molar-refractivity contribution in [3.8, 4) is 44.9 Å². The van der Waals surface area contributed by atoms with Gasteiger partial charge in [-0.15, -0.1) is 0 Å². The molecule has 0 aliphatic rings. The largest absolute Gasteiger partial charge is 0.489 e. The molecule has 0 bridgehead atoms. The van der Waals surface area contributed by atoms with Crippen molar-refractivity contribution < 1.29 is 14.3 Å². The highest BCUT2D eigenvalue weighted by Crippen LogP contribution is 2.29. The highest BCUT2D eigenvalue weighted by molar-refractivity contribution is 5.76. The molecule has 4 aromatic carbocycles. The first-order valence-electron chi connectivity index (χ1n) is 11.8. The number of carbonyl (C=O) groups excluding carboxylic acids is 1. The predicted octanol–water partition coefficient (Wildman–Crippen LogP) is 8.20. The summed E-state index contributed by atoms with van der Waals surface area (Å²) in [6, 6.07) is 32.8. The van der Waals surface area contributed by atoms with Gasteiger partial charge in [-0.3, -0.25) is 4.79 Å². The lowest BCUT2D eigenvalue weighted by Crippen LogP contribution is -2.14. The van der Waals surface area contributed by atoms with E-state index < -0.39 is 0 Å². The van der Waals surface area contributed by atoms with E-state index in [9.17, 15) is 4.79 Å². The van der Waals surface area contributed by atoms with Crippen LogP contribution in [0.3, 0.4) is 0 Å². The number of hydrogen-bond donors (Lipinski definition) is 0. The minimum atomic E-state index is -0.224. The number of hydrogen-bond acceptors (Lipinski definition) is 3. The summed E-state index contributed by atoms with van der Waals surface area (Å²) in [5.41, 5.74) is 7.82. The maximum absolute atomic E-state index is 11.8. The number of ether oxygens (including phenoxy) is 2. The Hall–Kier alpha value is -4.11. The van der Waals surface area contributed by atoms with Gasteiger partial charge < -0.3 is 9.47 Å². The molecule has 0 spiro atoms. The van der Waals surface area contributed by atoms with Gasteiger partial charge in [-0.05, 0) is 70.1 Å². The van der Waals surface area contributed by atoms with Gasteiger partial charge in [0, 0.05) is 0 Å². The van der Waals surface area contributed by atoms with Gasteiger partial charge in [-0.2, -0.15) is 0 Å². The zero-order valence-electron chi connectivity index (χ0n) is 20.5. The number of rotatable bonds is 8. The molecule has 0 aliphatic carbocycles. The minimum absolute atomic E-state index is 0.150. The zero-order chi connectivity index (χ0) is 24.8. The van der Waals surface area contributed by atoms with Crippen LogP contribution in [0, 0.1) is 5.92 Å². The van der Waals surface area contributed by atoms with Crippen molar-refractivity contribution in [3.05, 3.63) is 109 Å². The Kier molecular flexibility index (Phi) is 7.47. The van der Waals surface area contributed by atoms with E-state index in [-0.39, 0.29) is 11.9 Å². The Morgan fingerprint density at radius 1 is 0.629 bits per heavy atom. The molecule has 3 nitrogen and oxygen atoms in total. The molecule has 35 heavy (non-hydrogen) atoms. The third-order valence-corrected chi connectivity index (χ3v) is 5.65. The average Bonchev–Trinajstić information content (AvgIpc) is 2.88. The normalized spacial score (nSPS) is 10.7. The smallest absolute Gasteiger partial charge is 0.313 e. The van der Waals surface area contributed by atoms with Crippen molar-refractivity contribution in [2.45, 2.75) is 20.8 Å². The summed E-state index contributed by atoms with van der Waals surface area (Å²) < 4.78 is 11.0. The quantitative estimate of drug-likeness (QED) is 0.150. The van der Waals surface area contributed by atoms with Crippen LogP contribution in [0.15, 0.2) is 109 Å². The minimum Gasteiger partial charge on any atom is -0.489 e. The number of esters is 1. The highest BCUT2D eigenvalue weighted by Gasteiger charge is 2.10. The van der Waals surface area contributed by atoms with Crippen LogP contribution in [-0.2, 0) is 4.79 Å². The van der Waals surface area contributed by atoms with E-state index >= 15 is 0 Å². The Morgan fingerprint density at radius 3 is 1.26 bits per heavy atom. The number of carbonyl (C=O) groups is 1. The van der Waals surface area contributed by atoms with Crippen LogP contribution in [0.25, 0.3) is 33.4 Å². The fraction of sp³-hybridized carbons (Fsp3) is 0.156. The Morgan fingerprint density at radius 2 is 0.943 bits per heavy atom. The van der Waals surface area contributed by atoms with Crippen molar-refractivity contribution in [2.24, 2.45) is 5.92 Å². The SMILES string of the molecule is C=C(C)COc1ccc(-c2ccc(-c3ccc(-c4ccc(OC(=O)C(C)C)cc4)cc3)cc2)cc1. The number of benzene rings is 4. The van der Waals surface area contributed by atoms with Gasteiger partial charge in [-0.1, -0.05) is 93.2 Å². The van der Waals surface area contributed by atoms with Gasteiger partial charge in [0.25, 0.3) is 0 Å². The molecule has 176 valence electrons. The topological polar surface area (TPSA) is 35.5 Å². The molecule has 0 saturated heterocycles.